The van der Waals surface area contributed by atoms with Crippen LogP contribution in [-0.2, 0) is 0 Å². The molecule has 0 radical (unpaired) electrons. The highest BCUT2D eigenvalue weighted by Gasteiger charge is 2.20. The van der Waals surface area contributed by atoms with Crippen molar-refractivity contribution in [2.75, 3.05) is 0 Å². The Balaban J connectivity index is 2.12. The van der Waals surface area contributed by atoms with Gasteiger partial charge in [0.05, 0.1) is 6.10 Å². The van der Waals surface area contributed by atoms with Crippen LogP contribution in [-0.4, -0.2) is 11.2 Å². The molecule has 1 atom stereocenters. The van der Waals surface area contributed by atoms with Crippen molar-refractivity contribution in [2.45, 2.75) is 32.3 Å². The zero-order chi connectivity index (χ0) is 16.7. The van der Waals surface area contributed by atoms with E-state index in [9.17, 15) is 9.50 Å². The lowest BCUT2D eigenvalue weighted by Crippen LogP contribution is -2.18. The van der Waals surface area contributed by atoms with Crippen LogP contribution in [0, 0.1) is 6.92 Å². The molecular weight excluding hydrogens is 287 g/mol. The van der Waals surface area contributed by atoms with Gasteiger partial charge in [-0.1, -0.05) is 60.7 Å². The molecule has 1 N–H and O–H groups in total. The first-order chi connectivity index (χ1) is 11.1. The highest BCUT2D eigenvalue weighted by Crippen LogP contribution is 2.30. The molecule has 0 bridgehead atoms. The number of rotatable bonds is 4. The van der Waals surface area contributed by atoms with E-state index in [0.29, 0.717) is 0 Å². The monoisotopic (exact) mass is 310 g/mol. The largest absolute Gasteiger partial charge is 0.384 e. The smallest absolute Gasteiger partial charge is 0.122 e. The van der Waals surface area contributed by atoms with Crippen LogP contribution >= 0.6 is 0 Å². The summed E-state index contributed by atoms with van der Waals surface area (Å²) in [5.74, 6) is -0.371. The fourth-order valence-corrected chi connectivity index (χ4v) is 2.61. The number of aryl methyl sites for hydroxylation is 1. The van der Waals surface area contributed by atoms with E-state index in [0.717, 1.165) is 42.0 Å². The number of hydrogen-bond donors (Lipinski definition) is 1. The van der Waals surface area contributed by atoms with E-state index in [4.69, 9.17) is 0 Å². The predicted molar refractivity (Wildman–Crippen MR) is 95.6 cm³/mol. The van der Waals surface area contributed by atoms with E-state index in [1.165, 1.54) is 11.6 Å². The minimum absolute atomic E-state index is 0.371. The number of aliphatic hydroxyl groups excluding tert-OH is 1. The molecule has 120 valence electrons. The van der Waals surface area contributed by atoms with Gasteiger partial charge in [0.1, 0.15) is 5.83 Å². The van der Waals surface area contributed by atoms with Crippen LogP contribution in [0.5, 0.6) is 0 Å². The normalized spacial score (nSPS) is 22.9. The van der Waals surface area contributed by atoms with Crippen molar-refractivity contribution in [3.05, 3.63) is 89.3 Å². The fourth-order valence-electron chi connectivity index (χ4n) is 2.61. The van der Waals surface area contributed by atoms with Gasteiger partial charge in [0.25, 0.3) is 0 Å². The molecule has 0 aromatic heterocycles. The number of aliphatic hydroxyl groups is 1. The third-order valence-electron chi connectivity index (χ3n) is 3.93. The van der Waals surface area contributed by atoms with Gasteiger partial charge in [-0.15, -0.1) is 0 Å². The highest BCUT2D eigenvalue weighted by molar-refractivity contribution is 5.56. The second kappa shape index (κ2) is 8.44. The Hall–Kier alpha value is -2.19. The summed E-state index contributed by atoms with van der Waals surface area (Å²) in [5.41, 5.74) is 4.34. The summed E-state index contributed by atoms with van der Waals surface area (Å²) in [6, 6.07) is 8.27. The lowest BCUT2D eigenvalue weighted by molar-refractivity contribution is 0.228. The molecule has 1 aliphatic carbocycles. The summed E-state index contributed by atoms with van der Waals surface area (Å²) in [7, 11) is 0. The minimum atomic E-state index is -0.553. The second-order valence-corrected chi connectivity index (χ2v) is 5.77. The maximum Gasteiger partial charge on any atom is 0.122 e. The van der Waals surface area contributed by atoms with Crippen LogP contribution < -0.4 is 0 Å². The van der Waals surface area contributed by atoms with Gasteiger partial charge >= 0.3 is 0 Å². The molecule has 1 aliphatic rings. The lowest BCUT2D eigenvalue weighted by atomic mass is 9.86. The first kappa shape index (κ1) is 17.2. The Kier molecular flexibility index (Phi) is 6.30. The Morgan fingerprint density at radius 3 is 2.57 bits per heavy atom. The Labute approximate surface area is 137 Å². The molecule has 0 aliphatic heterocycles. The number of halogens is 1. The molecule has 1 aromatic carbocycles. The molecule has 2 heteroatoms. The van der Waals surface area contributed by atoms with Crippen molar-refractivity contribution in [1.29, 1.82) is 0 Å². The third kappa shape index (κ3) is 5.19. The minimum Gasteiger partial charge on any atom is -0.384 e. The van der Waals surface area contributed by atoms with E-state index in [2.05, 4.69) is 43.8 Å². The highest BCUT2D eigenvalue weighted by atomic mass is 19.1. The van der Waals surface area contributed by atoms with Crippen LogP contribution in [0.4, 0.5) is 4.39 Å². The molecular formula is C21H23FO. The molecule has 0 spiro atoms. The van der Waals surface area contributed by atoms with Gasteiger partial charge in [0, 0.05) is 0 Å². The summed E-state index contributed by atoms with van der Waals surface area (Å²) >= 11 is 0. The Morgan fingerprint density at radius 2 is 1.87 bits per heavy atom. The topological polar surface area (TPSA) is 20.2 Å². The lowest BCUT2D eigenvalue weighted by Gasteiger charge is -2.24. The molecule has 1 unspecified atom stereocenters. The van der Waals surface area contributed by atoms with E-state index in [-0.39, 0.29) is 5.83 Å². The van der Waals surface area contributed by atoms with Crippen LogP contribution in [0.25, 0.3) is 6.08 Å². The average Bonchev–Trinajstić information content (AvgIpc) is 2.56. The maximum atomic E-state index is 12.9. The van der Waals surface area contributed by atoms with Gasteiger partial charge in [-0.3, -0.25) is 0 Å². The second-order valence-electron chi connectivity index (χ2n) is 5.77. The van der Waals surface area contributed by atoms with Gasteiger partial charge in [-0.05, 0) is 55.0 Å². The molecule has 1 fully saturated rings. The zero-order valence-corrected chi connectivity index (χ0v) is 13.5. The molecule has 0 amide bonds. The SMILES string of the molecule is C=C\C(F)=C/C=C/C=C1\CCC/C(=C\c2ccc(C)cc2)C1O. The fraction of sp³-hybridized carbons (Fsp3) is 0.238. The van der Waals surface area contributed by atoms with Gasteiger partial charge in [-0.2, -0.15) is 0 Å². The van der Waals surface area contributed by atoms with Crippen LogP contribution in [0.1, 0.15) is 30.4 Å². The van der Waals surface area contributed by atoms with Gasteiger partial charge in [0.2, 0.25) is 0 Å². The predicted octanol–water partition coefficient (Wildman–Crippen LogP) is 5.45. The summed E-state index contributed by atoms with van der Waals surface area (Å²) < 4.78 is 12.9. The Morgan fingerprint density at radius 1 is 1.17 bits per heavy atom. The van der Waals surface area contributed by atoms with E-state index in [1.807, 2.05) is 6.08 Å². The molecule has 23 heavy (non-hydrogen) atoms. The third-order valence-corrected chi connectivity index (χ3v) is 3.93. The molecule has 2 rings (SSSR count). The maximum absolute atomic E-state index is 12.9. The summed E-state index contributed by atoms with van der Waals surface area (Å²) in [5, 5.41) is 10.5. The number of hydrogen-bond acceptors (Lipinski definition) is 1. The summed E-state index contributed by atoms with van der Waals surface area (Å²) in [6.07, 6.45) is 12.1. The quantitative estimate of drug-likeness (QED) is 0.734. The summed E-state index contributed by atoms with van der Waals surface area (Å²) in [4.78, 5) is 0. The van der Waals surface area contributed by atoms with Crippen LogP contribution in [0.2, 0.25) is 0 Å². The Bertz CT molecular complexity index is 660. The van der Waals surface area contributed by atoms with Gasteiger partial charge in [0.15, 0.2) is 0 Å². The standard InChI is InChI=1S/C21H23FO/c1-3-20(22)10-5-4-7-18-8-6-9-19(21(18)23)15-17-13-11-16(2)12-14-17/h3-5,7,10-15,21,23H,1,6,8-9H2,2H3/b5-4+,18-7+,19-15+,20-10+. The molecule has 1 aromatic rings. The van der Waals surface area contributed by atoms with Crippen LogP contribution in [0.15, 0.2) is 78.2 Å². The van der Waals surface area contributed by atoms with Crippen molar-refractivity contribution < 1.29 is 9.50 Å². The van der Waals surface area contributed by atoms with Crippen molar-refractivity contribution in [1.82, 2.24) is 0 Å². The van der Waals surface area contributed by atoms with Crippen molar-refractivity contribution in [3.8, 4) is 0 Å². The number of allylic oxidation sites excluding steroid dienone is 6. The first-order valence-electron chi connectivity index (χ1n) is 7.90. The first-order valence-corrected chi connectivity index (χ1v) is 7.90. The van der Waals surface area contributed by atoms with Crippen molar-refractivity contribution >= 4 is 6.08 Å². The molecule has 0 saturated heterocycles. The zero-order valence-electron chi connectivity index (χ0n) is 13.5. The molecule has 1 nitrogen and oxygen atoms in total. The van der Waals surface area contributed by atoms with E-state index < -0.39 is 6.10 Å². The van der Waals surface area contributed by atoms with Gasteiger partial charge < -0.3 is 5.11 Å². The van der Waals surface area contributed by atoms with Crippen LogP contribution in [0.3, 0.4) is 0 Å². The van der Waals surface area contributed by atoms with E-state index >= 15 is 0 Å². The van der Waals surface area contributed by atoms with Crippen molar-refractivity contribution in [2.24, 2.45) is 0 Å². The van der Waals surface area contributed by atoms with E-state index in [1.54, 1.807) is 12.2 Å². The van der Waals surface area contributed by atoms with Gasteiger partial charge in [-0.25, -0.2) is 4.39 Å². The summed E-state index contributed by atoms with van der Waals surface area (Å²) in [6.45, 7) is 5.42. The molecule has 1 saturated carbocycles. The van der Waals surface area contributed by atoms with Crippen molar-refractivity contribution in [3.63, 3.8) is 0 Å². The average molecular weight is 310 g/mol. The molecule has 0 heterocycles. The number of benzene rings is 1.